The molecular formula is C15H14N2O2S. The molecule has 0 atom stereocenters. The Balaban J connectivity index is 2.44. The zero-order valence-electron chi connectivity index (χ0n) is 11.5. The van der Waals surface area contributed by atoms with Crippen molar-refractivity contribution in [2.45, 2.75) is 20.8 Å². The third-order valence-electron chi connectivity index (χ3n) is 3.37. The van der Waals surface area contributed by atoms with Crippen molar-refractivity contribution in [1.29, 1.82) is 0 Å². The molecule has 0 saturated heterocycles. The van der Waals surface area contributed by atoms with Crippen molar-refractivity contribution in [2.75, 3.05) is 0 Å². The van der Waals surface area contributed by atoms with Crippen molar-refractivity contribution < 1.29 is 5.11 Å². The normalized spacial score (nSPS) is 11.2. The molecule has 0 aliphatic carbocycles. The van der Waals surface area contributed by atoms with Crippen LogP contribution in [0.2, 0.25) is 0 Å². The minimum Gasteiger partial charge on any atom is -0.493 e. The molecule has 0 saturated carbocycles. The van der Waals surface area contributed by atoms with E-state index in [2.05, 4.69) is 4.98 Å². The average molecular weight is 286 g/mol. The molecule has 0 bridgehead atoms. The van der Waals surface area contributed by atoms with Crippen LogP contribution in [-0.4, -0.2) is 14.5 Å². The van der Waals surface area contributed by atoms with Crippen molar-refractivity contribution >= 4 is 16.3 Å². The van der Waals surface area contributed by atoms with Crippen LogP contribution < -0.4 is 5.56 Å². The molecule has 5 heteroatoms. The summed E-state index contributed by atoms with van der Waals surface area (Å²) in [5.41, 5.74) is 3.87. The topological polar surface area (TPSA) is 54.6 Å². The van der Waals surface area contributed by atoms with E-state index in [1.165, 1.54) is 15.7 Å². The lowest BCUT2D eigenvalue weighted by molar-refractivity contribution is 0.455. The van der Waals surface area contributed by atoms with Gasteiger partial charge in [0.1, 0.15) is 5.56 Å². The van der Waals surface area contributed by atoms with Crippen LogP contribution in [0.5, 0.6) is 5.88 Å². The first-order valence-electron chi connectivity index (χ1n) is 6.26. The van der Waals surface area contributed by atoms with E-state index in [4.69, 9.17) is 0 Å². The zero-order valence-corrected chi connectivity index (χ0v) is 12.3. The fourth-order valence-corrected chi connectivity index (χ4v) is 3.36. The van der Waals surface area contributed by atoms with E-state index in [1.54, 1.807) is 11.6 Å². The predicted molar refractivity (Wildman–Crippen MR) is 80.7 cm³/mol. The number of nitrogens with zero attached hydrogens (tertiary/aromatic N) is 2. The van der Waals surface area contributed by atoms with Gasteiger partial charge in [0.25, 0.3) is 5.56 Å². The van der Waals surface area contributed by atoms with Gasteiger partial charge in [-0.1, -0.05) is 17.7 Å². The van der Waals surface area contributed by atoms with Crippen LogP contribution in [0.15, 0.2) is 28.5 Å². The van der Waals surface area contributed by atoms with Crippen LogP contribution in [0.4, 0.5) is 0 Å². The maximum absolute atomic E-state index is 12.6. The van der Waals surface area contributed by atoms with E-state index in [9.17, 15) is 9.90 Å². The van der Waals surface area contributed by atoms with Gasteiger partial charge in [0.15, 0.2) is 4.96 Å². The van der Waals surface area contributed by atoms with Crippen LogP contribution in [0.3, 0.4) is 0 Å². The maximum atomic E-state index is 12.6. The van der Waals surface area contributed by atoms with E-state index < -0.39 is 0 Å². The highest BCUT2D eigenvalue weighted by Gasteiger charge is 2.18. The van der Waals surface area contributed by atoms with E-state index in [1.807, 2.05) is 32.9 Å². The SMILES string of the molecule is Cc1cc(C)c(-c2c(O)nc3sccn3c2=O)c(C)c1. The third kappa shape index (κ3) is 1.82. The zero-order chi connectivity index (χ0) is 14.4. The van der Waals surface area contributed by atoms with Gasteiger partial charge in [-0.05, 0) is 37.5 Å². The molecule has 0 aliphatic heterocycles. The van der Waals surface area contributed by atoms with Crippen LogP contribution in [0.25, 0.3) is 16.1 Å². The fraction of sp³-hybridized carbons (Fsp3) is 0.200. The summed E-state index contributed by atoms with van der Waals surface area (Å²) in [7, 11) is 0. The Labute approximate surface area is 120 Å². The molecule has 0 unspecified atom stereocenters. The second kappa shape index (κ2) is 4.45. The first-order valence-corrected chi connectivity index (χ1v) is 7.14. The largest absolute Gasteiger partial charge is 0.493 e. The highest BCUT2D eigenvalue weighted by molar-refractivity contribution is 7.15. The number of thiazole rings is 1. The summed E-state index contributed by atoms with van der Waals surface area (Å²) < 4.78 is 1.47. The second-order valence-electron chi connectivity index (χ2n) is 4.94. The maximum Gasteiger partial charge on any atom is 0.270 e. The summed E-state index contributed by atoms with van der Waals surface area (Å²) in [5, 5.41) is 11.9. The highest BCUT2D eigenvalue weighted by Crippen LogP contribution is 2.31. The number of aromatic nitrogens is 2. The first-order chi connectivity index (χ1) is 9.49. The van der Waals surface area contributed by atoms with Crippen LogP contribution in [0, 0.1) is 20.8 Å². The van der Waals surface area contributed by atoms with Crippen molar-refractivity contribution in [3.63, 3.8) is 0 Å². The van der Waals surface area contributed by atoms with E-state index in [-0.39, 0.29) is 17.0 Å². The fourth-order valence-electron chi connectivity index (χ4n) is 2.66. The Bertz CT molecular complexity index is 854. The highest BCUT2D eigenvalue weighted by atomic mass is 32.1. The number of benzene rings is 1. The molecule has 0 radical (unpaired) electrons. The molecule has 2 aromatic heterocycles. The van der Waals surface area contributed by atoms with Gasteiger partial charge < -0.3 is 5.11 Å². The van der Waals surface area contributed by atoms with Crippen LogP contribution >= 0.6 is 11.3 Å². The Hall–Kier alpha value is -2.14. The predicted octanol–water partition coefficient (Wildman–Crippen LogP) is 3.05. The molecule has 102 valence electrons. The number of hydrogen-bond acceptors (Lipinski definition) is 4. The van der Waals surface area contributed by atoms with Crippen LogP contribution in [-0.2, 0) is 0 Å². The van der Waals surface area contributed by atoms with Gasteiger partial charge in [-0.25, -0.2) is 0 Å². The molecular weight excluding hydrogens is 272 g/mol. The number of fused-ring (bicyclic) bond motifs is 1. The van der Waals surface area contributed by atoms with Gasteiger partial charge in [-0.15, -0.1) is 11.3 Å². The Morgan fingerprint density at radius 2 is 1.80 bits per heavy atom. The molecule has 2 heterocycles. The molecule has 0 amide bonds. The number of aromatic hydroxyl groups is 1. The number of rotatable bonds is 1. The van der Waals surface area contributed by atoms with Crippen molar-refractivity contribution in [2.24, 2.45) is 0 Å². The van der Waals surface area contributed by atoms with Gasteiger partial charge in [-0.2, -0.15) is 4.98 Å². The van der Waals surface area contributed by atoms with Crippen molar-refractivity contribution in [3.8, 4) is 17.0 Å². The Morgan fingerprint density at radius 3 is 2.45 bits per heavy atom. The van der Waals surface area contributed by atoms with Crippen LogP contribution in [0.1, 0.15) is 16.7 Å². The summed E-state index contributed by atoms with van der Waals surface area (Å²) in [6.45, 7) is 5.89. The summed E-state index contributed by atoms with van der Waals surface area (Å²) >= 11 is 1.32. The summed E-state index contributed by atoms with van der Waals surface area (Å²) in [5.74, 6) is -0.201. The average Bonchev–Trinajstić information content (AvgIpc) is 2.80. The molecule has 1 aromatic carbocycles. The van der Waals surface area contributed by atoms with Gasteiger partial charge >= 0.3 is 0 Å². The van der Waals surface area contributed by atoms with Gasteiger partial charge in [0.05, 0.1) is 0 Å². The minimum absolute atomic E-state index is 0.201. The van der Waals surface area contributed by atoms with E-state index >= 15 is 0 Å². The summed E-state index contributed by atoms with van der Waals surface area (Å²) in [4.78, 5) is 17.2. The molecule has 3 aromatic rings. The standard InChI is InChI=1S/C15H14N2O2S/c1-8-6-9(2)11(10(3)7-8)12-13(18)16-15-17(14(12)19)4-5-20-15/h4-7,18H,1-3H3. The summed E-state index contributed by atoms with van der Waals surface area (Å²) in [6, 6.07) is 4.01. The van der Waals surface area contributed by atoms with Gasteiger partial charge in [-0.3, -0.25) is 9.20 Å². The molecule has 4 nitrogen and oxygen atoms in total. The Kier molecular flexibility index (Phi) is 2.87. The van der Waals surface area contributed by atoms with Crippen molar-refractivity contribution in [3.05, 3.63) is 50.8 Å². The second-order valence-corrected chi connectivity index (χ2v) is 5.82. The Morgan fingerprint density at radius 1 is 1.15 bits per heavy atom. The van der Waals surface area contributed by atoms with Crippen molar-refractivity contribution in [1.82, 2.24) is 9.38 Å². The molecule has 1 N–H and O–H groups in total. The summed E-state index contributed by atoms with van der Waals surface area (Å²) in [6.07, 6.45) is 1.68. The molecule has 3 rings (SSSR count). The first kappa shape index (κ1) is 12.9. The van der Waals surface area contributed by atoms with E-state index in [0.717, 1.165) is 22.3 Å². The number of hydrogen-bond donors (Lipinski definition) is 1. The monoisotopic (exact) mass is 286 g/mol. The minimum atomic E-state index is -0.233. The lowest BCUT2D eigenvalue weighted by atomic mass is 9.95. The molecule has 20 heavy (non-hydrogen) atoms. The lowest BCUT2D eigenvalue weighted by Gasteiger charge is -2.12. The van der Waals surface area contributed by atoms with E-state index in [0.29, 0.717) is 4.96 Å². The molecule has 0 spiro atoms. The van der Waals surface area contributed by atoms with Gasteiger partial charge in [0, 0.05) is 11.6 Å². The smallest absolute Gasteiger partial charge is 0.270 e. The molecule has 0 fully saturated rings. The quantitative estimate of drug-likeness (QED) is 0.748. The lowest BCUT2D eigenvalue weighted by Crippen LogP contribution is -2.16. The molecule has 0 aliphatic rings. The van der Waals surface area contributed by atoms with Gasteiger partial charge in [0.2, 0.25) is 5.88 Å². The third-order valence-corrected chi connectivity index (χ3v) is 4.13. The number of aryl methyl sites for hydroxylation is 3.